The standard InChI is InChI=1S/C27H26N2O5S2/c1-33-24-10-6-5-9-20(24)15-26(30)28-27-29(23-17-36(31,32)18-25(23)35-27)21-11-13-22(14-12-21)34-16-19-7-3-2-4-8-19/h2-14,23,25H,15-18H2,1H3/t23-,25-/m1/s1. The third-order valence-corrected chi connectivity index (χ3v) is 9.39. The molecule has 186 valence electrons. The van der Waals surface area contributed by atoms with Gasteiger partial charge in [0.1, 0.15) is 18.1 Å². The molecule has 2 atom stereocenters. The molecule has 0 aliphatic carbocycles. The van der Waals surface area contributed by atoms with E-state index in [0.29, 0.717) is 23.3 Å². The number of amides is 1. The summed E-state index contributed by atoms with van der Waals surface area (Å²) >= 11 is 1.36. The largest absolute Gasteiger partial charge is 0.496 e. The summed E-state index contributed by atoms with van der Waals surface area (Å²) in [4.78, 5) is 19.2. The van der Waals surface area contributed by atoms with Crippen LogP contribution in [0.5, 0.6) is 11.5 Å². The lowest BCUT2D eigenvalue weighted by molar-refractivity contribution is -0.117. The van der Waals surface area contributed by atoms with Gasteiger partial charge in [-0.1, -0.05) is 60.3 Å². The third kappa shape index (κ3) is 5.42. The van der Waals surface area contributed by atoms with Crippen molar-refractivity contribution in [1.82, 2.24) is 0 Å². The Morgan fingerprint density at radius 1 is 1.00 bits per heavy atom. The fraction of sp³-hybridized carbons (Fsp3) is 0.259. The number of hydrogen-bond acceptors (Lipinski definition) is 6. The van der Waals surface area contributed by atoms with Crippen molar-refractivity contribution in [3.63, 3.8) is 0 Å². The van der Waals surface area contributed by atoms with Gasteiger partial charge in [0.05, 0.1) is 31.1 Å². The van der Waals surface area contributed by atoms with Crippen molar-refractivity contribution in [2.24, 2.45) is 4.99 Å². The average molecular weight is 523 g/mol. The molecular weight excluding hydrogens is 496 g/mol. The summed E-state index contributed by atoms with van der Waals surface area (Å²) in [7, 11) is -1.58. The molecule has 2 heterocycles. The van der Waals surface area contributed by atoms with Gasteiger partial charge in [-0.2, -0.15) is 4.99 Å². The first kappa shape index (κ1) is 24.4. The van der Waals surface area contributed by atoms with Crippen molar-refractivity contribution >= 4 is 38.4 Å². The lowest BCUT2D eigenvalue weighted by Crippen LogP contribution is -2.37. The van der Waals surface area contributed by atoms with Gasteiger partial charge in [-0.3, -0.25) is 4.79 Å². The maximum Gasteiger partial charge on any atom is 0.252 e. The first-order chi connectivity index (χ1) is 17.4. The van der Waals surface area contributed by atoms with Crippen molar-refractivity contribution < 1.29 is 22.7 Å². The van der Waals surface area contributed by atoms with Crippen LogP contribution in [-0.2, 0) is 27.7 Å². The number of hydrogen-bond donors (Lipinski definition) is 0. The van der Waals surface area contributed by atoms with Gasteiger partial charge in [-0.15, -0.1) is 0 Å². The molecule has 0 bridgehead atoms. The SMILES string of the molecule is COc1ccccc1CC(=O)N=C1S[C@@H]2CS(=O)(=O)C[C@H]2N1c1ccc(OCc2ccccc2)cc1. The normalized spacial score (nSPS) is 21.4. The van der Waals surface area contributed by atoms with Crippen molar-refractivity contribution in [3.05, 3.63) is 90.0 Å². The van der Waals surface area contributed by atoms with E-state index in [-0.39, 0.29) is 35.1 Å². The molecule has 0 saturated carbocycles. The van der Waals surface area contributed by atoms with E-state index < -0.39 is 9.84 Å². The summed E-state index contributed by atoms with van der Waals surface area (Å²) in [5.41, 5.74) is 2.61. The lowest BCUT2D eigenvalue weighted by atomic mass is 10.1. The molecular formula is C27H26N2O5S2. The fourth-order valence-corrected chi connectivity index (χ4v) is 8.40. The Hall–Kier alpha value is -3.30. The second kappa shape index (κ2) is 10.4. The van der Waals surface area contributed by atoms with E-state index in [2.05, 4.69) is 4.99 Å². The monoisotopic (exact) mass is 522 g/mol. The van der Waals surface area contributed by atoms with E-state index in [9.17, 15) is 13.2 Å². The maximum atomic E-state index is 12.9. The molecule has 2 aliphatic heterocycles. The number of sulfone groups is 1. The molecule has 0 aromatic heterocycles. The van der Waals surface area contributed by atoms with Crippen molar-refractivity contribution in [2.45, 2.75) is 24.3 Å². The molecule has 7 nitrogen and oxygen atoms in total. The van der Waals surface area contributed by atoms with Crippen LogP contribution < -0.4 is 14.4 Å². The Balaban J connectivity index is 1.37. The predicted molar refractivity (Wildman–Crippen MR) is 143 cm³/mol. The van der Waals surface area contributed by atoms with Gasteiger partial charge in [0, 0.05) is 16.5 Å². The second-order valence-electron chi connectivity index (χ2n) is 8.72. The minimum Gasteiger partial charge on any atom is -0.496 e. The Kier molecular flexibility index (Phi) is 7.02. The molecule has 36 heavy (non-hydrogen) atoms. The molecule has 2 fully saturated rings. The van der Waals surface area contributed by atoms with Crippen LogP contribution in [0.1, 0.15) is 11.1 Å². The zero-order valence-corrected chi connectivity index (χ0v) is 21.4. The van der Waals surface area contributed by atoms with Gasteiger partial charge in [0.25, 0.3) is 5.91 Å². The zero-order chi connectivity index (χ0) is 25.1. The second-order valence-corrected chi connectivity index (χ2v) is 12.1. The van der Waals surface area contributed by atoms with Crippen LogP contribution in [0.15, 0.2) is 83.9 Å². The highest BCUT2D eigenvalue weighted by Crippen LogP contribution is 2.41. The van der Waals surface area contributed by atoms with Crippen LogP contribution in [0.25, 0.3) is 0 Å². The van der Waals surface area contributed by atoms with E-state index in [1.54, 1.807) is 7.11 Å². The predicted octanol–water partition coefficient (Wildman–Crippen LogP) is 4.12. The highest BCUT2D eigenvalue weighted by Gasteiger charge is 2.49. The smallest absolute Gasteiger partial charge is 0.252 e. The summed E-state index contributed by atoms with van der Waals surface area (Å²) in [5, 5.41) is 0.361. The van der Waals surface area contributed by atoms with E-state index in [1.165, 1.54) is 11.8 Å². The average Bonchev–Trinajstić information content (AvgIpc) is 3.34. The number of anilines is 1. The van der Waals surface area contributed by atoms with E-state index >= 15 is 0 Å². The Morgan fingerprint density at radius 2 is 1.72 bits per heavy atom. The number of ether oxygens (including phenoxy) is 2. The molecule has 3 aromatic rings. The number of aliphatic imine (C=N–C) groups is 1. The molecule has 0 spiro atoms. The number of carbonyl (C=O) groups is 1. The Labute approximate surface area is 215 Å². The van der Waals surface area contributed by atoms with E-state index in [4.69, 9.17) is 9.47 Å². The van der Waals surface area contributed by atoms with E-state index in [0.717, 1.165) is 16.8 Å². The zero-order valence-electron chi connectivity index (χ0n) is 19.7. The molecule has 0 unspecified atom stereocenters. The highest BCUT2D eigenvalue weighted by atomic mass is 32.2. The molecule has 3 aromatic carbocycles. The number of fused-ring (bicyclic) bond motifs is 1. The van der Waals surface area contributed by atoms with Gasteiger partial charge in [0.15, 0.2) is 15.0 Å². The van der Waals surface area contributed by atoms with Gasteiger partial charge in [0.2, 0.25) is 0 Å². The van der Waals surface area contributed by atoms with Crippen LogP contribution in [0.3, 0.4) is 0 Å². The third-order valence-electron chi connectivity index (χ3n) is 6.18. The van der Waals surface area contributed by atoms with Gasteiger partial charge in [-0.05, 0) is 35.9 Å². The van der Waals surface area contributed by atoms with Gasteiger partial charge >= 0.3 is 0 Å². The van der Waals surface area contributed by atoms with Crippen LogP contribution in [-0.4, -0.2) is 49.4 Å². The lowest BCUT2D eigenvalue weighted by Gasteiger charge is -2.24. The number of amidine groups is 1. The number of nitrogens with zero attached hydrogens (tertiary/aromatic N) is 2. The van der Waals surface area contributed by atoms with Crippen LogP contribution in [0, 0.1) is 0 Å². The molecule has 0 radical (unpaired) electrons. The minimum absolute atomic E-state index is 0.0383. The Bertz CT molecular complexity index is 1370. The minimum atomic E-state index is -3.15. The highest BCUT2D eigenvalue weighted by molar-refractivity contribution is 8.16. The van der Waals surface area contributed by atoms with Crippen LogP contribution >= 0.6 is 11.8 Å². The summed E-state index contributed by atoms with van der Waals surface area (Å²) in [6.45, 7) is 0.451. The summed E-state index contributed by atoms with van der Waals surface area (Å²) < 4.78 is 36.0. The summed E-state index contributed by atoms with van der Waals surface area (Å²) in [5.74, 6) is 1.15. The Morgan fingerprint density at radius 3 is 2.47 bits per heavy atom. The number of thioether (sulfide) groups is 1. The van der Waals surface area contributed by atoms with Crippen LogP contribution in [0.4, 0.5) is 5.69 Å². The van der Waals surface area contributed by atoms with E-state index in [1.807, 2.05) is 83.8 Å². The topological polar surface area (TPSA) is 85.3 Å². The first-order valence-corrected chi connectivity index (χ1v) is 14.3. The van der Waals surface area contributed by atoms with Crippen molar-refractivity contribution in [1.29, 1.82) is 0 Å². The quantitative estimate of drug-likeness (QED) is 0.462. The molecule has 1 amide bonds. The molecule has 5 rings (SSSR count). The number of carbonyl (C=O) groups excluding carboxylic acids is 1. The summed E-state index contributed by atoms with van der Waals surface area (Å²) in [6.07, 6.45) is 0.0990. The molecule has 2 saturated heterocycles. The molecule has 2 aliphatic rings. The summed E-state index contributed by atoms with van der Waals surface area (Å²) in [6, 6.07) is 24.5. The number of methoxy groups -OCH3 is 1. The van der Waals surface area contributed by atoms with Crippen LogP contribution in [0.2, 0.25) is 0 Å². The fourth-order valence-electron chi connectivity index (χ4n) is 4.47. The van der Waals surface area contributed by atoms with Gasteiger partial charge in [-0.25, -0.2) is 8.42 Å². The first-order valence-electron chi connectivity index (χ1n) is 11.6. The van der Waals surface area contributed by atoms with Crippen molar-refractivity contribution in [2.75, 3.05) is 23.5 Å². The van der Waals surface area contributed by atoms with Crippen molar-refractivity contribution in [3.8, 4) is 11.5 Å². The van der Waals surface area contributed by atoms with Gasteiger partial charge < -0.3 is 14.4 Å². The molecule has 9 heteroatoms. The maximum absolute atomic E-state index is 12.9. The number of rotatable bonds is 7. The number of benzene rings is 3. The number of para-hydroxylation sites is 1. The molecule has 0 N–H and O–H groups in total.